The maximum atomic E-state index is 13.9. The van der Waals surface area contributed by atoms with Crippen LogP contribution in [0.1, 0.15) is 45.1 Å². The second kappa shape index (κ2) is 7.01. The zero-order valence-corrected chi connectivity index (χ0v) is 14.2. The van der Waals surface area contributed by atoms with Crippen molar-refractivity contribution in [3.8, 4) is 0 Å². The highest BCUT2D eigenvalue weighted by atomic mass is 79.9. The topological polar surface area (TPSA) is 26.3 Å². The molecule has 0 spiro atoms. The second-order valence-electron chi connectivity index (χ2n) is 5.96. The van der Waals surface area contributed by atoms with E-state index < -0.39 is 5.60 Å². The summed E-state index contributed by atoms with van der Waals surface area (Å²) in [5.74, 6) is 0.150. The molecular formula is C17H22BrFO2. The van der Waals surface area contributed by atoms with E-state index in [1.54, 1.807) is 12.1 Å². The van der Waals surface area contributed by atoms with Gasteiger partial charge >= 0.3 is 0 Å². The molecule has 0 saturated heterocycles. The molecule has 1 aromatic carbocycles. The summed E-state index contributed by atoms with van der Waals surface area (Å²) in [6, 6.07) is 4.72. The summed E-state index contributed by atoms with van der Waals surface area (Å²) in [7, 11) is 0. The third kappa shape index (κ3) is 3.92. The van der Waals surface area contributed by atoms with Gasteiger partial charge in [0.15, 0.2) is 5.78 Å². The van der Waals surface area contributed by atoms with Crippen molar-refractivity contribution in [3.63, 3.8) is 0 Å². The Morgan fingerprint density at radius 1 is 1.52 bits per heavy atom. The maximum absolute atomic E-state index is 13.9. The van der Waals surface area contributed by atoms with Crippen LogP contribution in [0.5, 0.6) is 0 Å². The van der Waals surface area contributed by atoms with Crippen molar-refractivity contribution in [2.45, 2.75) is 51.6 Å². The highest BCUT2D eigenvalue weighted by Gasteiger charge is 2.42. The number of ketones is 1. The summed E-state index contributed by atoms with van der Waals surface area (Å²) in [6.07, 6.45) is 3.72. The van der Waals surface area contributed by atoms with Gasteiger partial charge in [0.2, 0.25) is 0 Å². The number of carbonyl (C=O) groups excluding carboxylic acids is 1. The minimum Gasteiger partial charge on any atom is -0.367 e. The Bertz CT molecular complexity index is 514. The van der Waals surface area contributed by atoms with Gasteiger partial charge in [-0.1, -0.05) is 29.3 Å². The summed E-state index contributed by atoms with van der Waals surface area (Å²) < 4.78 is 20.5. The molecule has 2 nitrogen and oxygen atoms in total. The van der Waals surface area contributed by atoms with Crippen LogP contribution in [0.3, 0.4) is 0 Å². The molecule has 2 unspecified atom stereocenters. The van der Waals surface area contributed by atoms with Crippen molar-refractivity contribution in [1.82, 2.24) is 0 Å². The third-order valence-electron chi connectivity index (χ3n) is 4.24. The lowest BCUT2D eigenvalue weighted by Gasteiger charge is -2.38. The van der Waals surface area contributed by atoms with Crippen molar-refractivity contribution < 1.29 is 13.9 Å². The van der Waals surface area contributed by atoms with Crippen molar-refractivity contribution in [2.24, 2.45) is 5.92 Å². The Kier molecular flexibility index (Phi) is 5.55. The standard InChI is InChI=1S/C17H22BrFO2/c1-3-21-17(8-4-5-12(2)11-17)16(20)10-13-9-14(18)6-7-15(13)19/h6-7,9,12H,3-5,8,10-11H2,1-2H3. The molecule has 1 aliphatic carbocycles. The maximum Gasteiger partial charge on any atom is 0.169 e. The zero-order chi connectivity index (χ0) is 15.5. The van der Waals surface area contributed by atoms with E-state index in [1.165, 1.54) is 6.07 Å². The summed E-state index contributed by atoms with van der Waals surface area (Å²) in [5, 5.41) is 0. The molecule has 116 valence electrons. The van der Waals surface area contributed by atoms with E-state index in [9.17, 15) is 9.18 Å². The first-order valence-electron chi connectivity index (χ1n) is 7.58. The first-order valence-corrected chi connectivity index (χ1v) is 8.37. The van der Waals surface area contributed by atoms with Gasteiger partial charge in [-0.3, -0.25) is 4.79 Å². The highest BCUT2D eigenvalue weighted by molar-refractivity contribution is 9.10. The molecule has 0 aliphatic heterocycles. The smallest absolute Gasteiger partial charge is 0.169 e. The van der Waals surface area contributed by atoms with E-state index in [0.717, 1.165) is 30.2 Å². The molecule has 0 radical (unpaired) electrons. The SMILES string of the molecule is CCOC1(C(=O)Cc2cc(Br)ccc2F)CCCC(C)C1. The number of ether oxygens (including phenoxy) is 1. The van der Waals surface area contributed by atoms with E-state index in [4.69, 9.17) is 4.74 Å². The first kappa shape index (κ1) is 16.6. The molecular weight excluding hydrogens is 335 g/mol. The van der Waals surface area contributed by atoms with Gasteiger partial charge in [-0.15, -0.1) is 0 Å². The average Bonchev–Trinajstić information content (AvgIpc) is 2.43. The molecule has 1 saturated carbocycles. The van der Waals surface area contributed by atoms with Crippen molar-refractivity contribution in [1.29, 1.82) is 0 Å². The second-order valence-corrected chi connectivity index (χ2v) is 6.88. The lowest BCUT2D eigenvalue weighted by molar-refractivity contribution is -0.150. The molecule has 0 heterocycles. The van der Waals surface area contributed by atoms with E-state index in [0.29, 0.717) is 18.1 Å². The molecule has 2 rings (SSSR count). The largest absolute Gasteiger partial charge is 0.367 e. The Morgan fingerprint density at radius 2 is 2.29 bits per heavy atom. The monoisotopic (exact) mass is 356 g/mol. The van der Waals surface area contributed by atoms with Crippen LogP contribution in [0.25, 0.3) is 0 Å². The minimum absolute atomic E-state index is 0.00731. The fourth-order valence-electron chi connectivity index (χ4n) is 3.26. The number of hydrogen-bond donors (Lipinski definition) is 0. The first-order chi connectivity index (χ1) is 9.97. The molecule has 0 N–H and O–H groups in total. The van der Waals surface area contributed by atoms with Crippen LogP contribution in [-0.2, 0) is 16.0 Å². The molecule has 1 aliphatic rings. The van der Waals surface area contributed by atoms with Crippen LogP contribution in [0.2, 0.25) is 0 Å². The number of carbonyl (C=O) groups is 1. The van der Waals surface area contributed by atoms with Crippen LogP contribution < -0.4 is 0 Å². The van der Waals surface area contributed by atoms with Crippen molar-refractivity contribution >= 4 is 21.7 Å². The molecule has 0 amide bonds. The van der Waals surface area contributed by atoms with Crippen LogP contribution in [0.4, 0.5) is 4.39 Å². The quantitative estimate of drug-likeness (QED) is 0.765. The molecule has 0 bridgehead atoms. The number of benzene rings is 1. The van der Waals surface area contributed by atoms with Crippen LogP contribution in [0, 0.1) is 11.7 Å². The summed E-state index contributed by atoms with van der Waals surface area (Å²) in [6.45, 7) is 4.58. The van der Waals surface area contributed by atoms with Gasteiger partial charge in [0.1, 0.15) is 11.4 Å². The third-order valence-corrected chi connectivity index (χ3v) is 4.74. The van der Waals surface area contributed by atoms with E-state index in [1.807, 2.05) is 6.92 Å². The Morgan fingerprint density at radius 3 is 2.95 bits per heavy atom. The summed E-state index contributed by atoms with van der Waals surface area (Å²) >= 11 is 3.33. The van der Waals surface area contributed by atoms with Crippen LogP contribution >= 0.6 is 15.9 Å². The fraction of sp³-hybridized carbons (Fsp3) is 0.588. The van der Waals surface area contributed by atoms with Crippen molar-refractivity contribution in [3.05, 3.63) is 34.1 Å². The van der Waals surface area contributed by atoms with Gasteiger partial charge in [0.05, 0.1) is 0 Å². The Labute approximate surface area is 134 Å². The summed E-state index contributed by atoms with van der Waals surface area (Å²) in [5.41, 5.74) is -0.284. The number of hydrogen-bond acceptors (Lipinski definition) is 2. The van der Waals surface area contributed by atoms with E-state index in [2.05, 4.69) is 22.9 Å². The number of rotatable bonds is 5. The fourth-order valence-corrected chi connectivity index (χ4v) is 3.67. The molecule has 21 heavy (non-hydrogen) atoms. The molecule has 0 aromatic heterocycles. The number of halogens is 2. The molecule has 1 fully saturated rings. The van der Waals surface area contributed by atoms with E-state index >= 15 is 0 Å². The minimum atomic E-state index is -0.721. The predicted octanol–water partition coefficient (Wildman–Crippen LogP) is 4.69. The molecule has 2 atom stereocenters. The van der Waals surface area contributed by atoms with Gasteiger partial charge in [-0.2, -0.15) is 0 Å². The normalized spacial score (nSPS) is 25.8. The predicted molar refractivity (Wildman–Crippen MR) is 84.8 cm³/mol. The van der Waals surface area contributed by atoms with Crippen LogP contribution in [0.15, 0.2) is 22.7 Å². The lowest BCUT2D eigenvalue weighted by Crippen LogP contribution is -2.46. The zero-order valence-electron chi connectivity index (χ0n) is 12.6. The lowest BCUT2D eigenvalue weighted by atomic mass is 9.75. The molecule has 4 heteroatoms. The summed E-state index contributed by atoms with van der Waals surface area (Å²) in [4.78, 5) is 12.8. The van der Waals surface area contributed by atoms with Gasteiger partial charge in [-0.05, 0) is 55.9 Å². The average molecular weight is 357 g/mol. The van der Waals surface area contributed by atoms with Gasteiger partial charge in [-0.25, -0.2) is 4.39 Å². The highest BCUT2D eigenvalue weighted by Crippen LogP contribution is 2.37. The Hall–Kier alpha value is -0.740. The van der Waals surface area contributed by atoms with Gasteiger partial charge < -0.3 is 4.74 Å². The van der Waals surface area contributed by atoms with E-state index in [-0.39, 0.29) is 18.0 Å². The van der Waals surface area contributed by atoms with Gasteiger partial charge in [0, 0.05) is 17.5 Å². The van der Waals surface area contributed by atoms with Crippen LogP contribution in [-0.4, -0.2) is 18.0 Å². The number of Topliss-reactive ketones (excluding diaryl/α,β-unsaturated/α-hetero) is 1. The van der Waals surface area contributed by atoms with Gasteiger partial charge in [0.25, 0.3) is 0 Å². The van der Waals surface area contributed by atoms with Crippen molar-refractivity contribution in [2.75, 3.05) is 6.61 Å². The Balaban J connectivity index is 2.20. The molecule has 1 aromatic rings.